The predicted octanol–water partition coefficient (Wildman–Crippen LogP) is 6.54. The standard InChI is InChI=1S/C35H37ClFN3O4S/c1-3-4-21-38-35(42)33(23-27-9-6-5-7-10-27)39(24-28-11-8-12-29(36)22-28)34(41)25-40(31-17-15-30(37)16-18-31)45(43,44)32-19-13-26(2)14-20-32/h5-20,22,33H,3-4,21,23-25H2,1-2H3,(H,38,42). The van der Waals surface area contributed by atoms with Crippen molar-refractivity contribution >= 4 is 39.1 Å². The van der Waals surface area contributed by atoms with E-state index < -0.39 is 34.3 Å². The van der Waals surface area contributed by atoms with E-state index >= 15 is 0 Å². The molecule has 0 radical (unpaired) electrons. The molecule has 0 saturated heterocycles. The first-order valence-electron chi connectivity index (χ1n) is 14.8. The molecule has 0 bridgehead atoms. The van der Waals surface area contributed by atoms with Gasteiger partial charge in [-0.3, -0.25) is 13.9 Å². The maximum Gasteiger partial charge on any atom is 0.264 e. The lowest BCUT2D eigenvalue weighted by molar-refractivity contribution is -0.140. The van der Waals surface area contributed by atoms with Crippen molar-refractivity contribution in [3.63, 3.8) is 0 Å². The molecule has 0 saturated carbocycles. The summed E-state index contributed by atoms with van der Waals surface area (Å²) in [5.41, 5.74) is 2.48. The third kappa shape index (κ3) is 9.15. The summed E-state index contributed by atoms with van der Waals surface area (Å²) in [6.07, 6.45) is 1.84. The van der Waals surface area contributed by atoms with Crippen LogP contribution in [0, 0.1) is 12.7 Å². The average Bonchev–Trinajstić information content (AvgIpc) is 3.02. The van der Waals surface area contributed by atoms with Crippen LogP contribution in [-0.4, -0.2) is 44.3 Å². The number of hydrogen-bond donors (Lipinski definition) is 1. The molecule has 1 N–H and O–H groups in total. The van der Waals surface area contributed by atoms with Crippen LogP contribution in [0.4, 0.5) is 10.1 Å². The van der Waals surface area contributed by atoms with Gasteiger partial charge in [-0.1, -0.05) is 85.1 Å². The van der Waals surface area contributed by atoms with Crippen molar-refractivity contribution < 1.29 is 22.4 Å². The smallest absolute Gasteiger partial charge is 0.264 e. The van der Waals surface area contributed by atoms with Crippen LogP contribution in [-0.2, 0) is 32.6 Å². The van der Waals surface area contributed by atoms with Gasteiger partial charge in [0, 0.05) is 24.5 Å². The van der Waals surface area contributed by atoms with Crippen molar-refractivity contribution in [1.29, 1.82) is 0 Å². The van der Waals surface area contributed by atoms with E-state index in [2.05, 4.69) is 5.32 Å². The van der Waals surface area contributed by atoms with Gasteiger partial charge in [0.2, 0.25) is 11.8 Å². The van der Waals surface area contributed by atoms with Gasteiger partial charge in [0.1, 0.15) is 18.4 Å². The van der Waals surface area contributed by atoms with Crippen molar-refractivity contribution in [3.05, 3.63) is 131 Å². The van der Waals surface area contributed by atoms with Gasteiger partial charge in [-0.2, -0.15) is 0 Å². The maximum atomic E-state index is 14.4. The van der Waals surface area contributed by atoms with Crippen molar-refractivity contribution in [1.82, 2.24) is 10.2 Å². The normalized spacial score (nSPS) is 11.9. The minimum atomic E-state index is -4.27. The highest BCUT2D eigenvalue weighted by Crippen LogP contribution is 2.26. The fraction of sp³-hybridized carbons (Fsp3) is 0.257. The lowest BCUT2D eigenvalue weighted by Crippen LogP contribution is -2.53. The molecule has 0 aromatic heterocycles. The molecule has 0 aliphatic rings. The monoisotopic (exact) mass is 649 g/mol. The van der Waals surface area contributed by atoms with Gasteiger partial charge in [-0.25, -0.2) is 12.8 Å². The Kier molecular flexibility index (Phi) is 11.7. The van der Waals surface area contributed by atoms with Crippen molar-refractivity contribution in [2.24, 2.45) is 0 Å². The van der Waals surface area contributed by atoms with E-state index in [1.807, 2.05) is 44.2 Å². The molecule has 0 heterocycles. The summed E-state index contributed by atoms with van der Waals surface area (Å²) >= 11 is 6.28. The Labute approximate surface area is 269 Å². The molecule has 0 aliphatic carbocycles. The van der Waals surface area contributed by atoms with Crippen LogP contribution >= 0.6 is 11.6 Å². The van der Waals surface area contributed by atoms with Gasteiger partial charge in [0.25, 0.3) is 10.0 Å². The fourth-order valence-electron chi connectivity index (χ4n) is 4.87. The zero-order valence-corrected chi connectivity index (χ0v) is 26.9. The van der Waals surface area contributed by atoms with Crippen LogP contribution in [0.3, 0.4) is 0 Å². The number of amides is 2. The van der Waals surface area contributed by atoms with E-state index in [4.69, 9.17) is 11.6 Å². The third-order valence-electron chi connectivity index (χ3n) is 7.35. The lowest BCUT2D eigenvalue weighted by atomic mass is 10.0. The number of carbonyl (C=O) groups is 2. The number of unbranched alkanes of at least 4 members (excludes halogenated alkanes) is 1. The number of carbonyl (C=O) groups excluding carboxylic acids is 2. The number of nitrogens with zero attached hydrogens (tertiary/aromatic N) is 2. The number of benzene rings is 4. The molecule has 2 amide bonds. The Morgan fingerprint density at radius 2 is 1.56 bits per heavy atom. The largest absolute Gasteiger partial charge is 0.354 e. The summed E-state index contributed by atoms with van der Waals surface area (Å²) in [6, 6.07) is 26.5. The van der Waals surface area contributed by atoms with Crippen LogP contribution in [0.15, 0.2) is 108 Å². The maximum absolute atomic E-state index is 14.4. The first-order chi connectivity index (χ1) is 21.6. The van der Waals surface area contributed by atoms with Gasteiger partial charge in [0.15, 0.2) is 0 Å². The zero-order valence-electron chi connectivity index (χ0n) is 25.3. The lowest BCUT2D eigenvalue weighted by Gasteiger charge is -2.34. The molecule has 4 aromatic carbocycles. The van der Waals surface area contributed by atoms with E-state index in [1.54, 1.807) is 36.4 Å². The molecule has 4 aromatic rings. The van der Waals surface area contributed by atoms with Crippen LogP contribution in [0.2, 0.25) is 5.02 Å². The summed E-state index contributed by atoms with van der Waals surface area (Å²) in [4.78, 5) is 29.6. The summed E-state index contributed by atoms with van der Waals surface area (Å²) in [7, 11) is -4.27. The molecular weight excluding hydrogens is 613 g/mol. The molecule has 0 spiro atoms. The Morgan fingerprint density at radius 3 is 2.20 bits per heavy atom. The number of aryl methyl sites for hydroxylation is 1. The van der Waals surface area contributed by atoms with E-state index in [0.717, 1.165) is 40.4 Å². The second kappa shape index (κ2) is 15.7. The van der Waals surface area contributed by atoms with Crippen molar-refractivity contribution in [2.45, 2.75) is 50.6 Å². The number of anilines is 1. The van der Waals surface area contributed by atoms with Gasteiger partial charge in [-0.05, 0) is 73.0 Å². The number of hydrogen-bond acceptors (Lipinski definition) is 4. The summed E-state index contributed by atoms with van der Waals surface area (Å²) in [5, 5.41) is 3.42. The molecule has 10 heteroatoms. The zero-order chi connectivity index (χ0) is 32.4. The molecule has 45 heavy (non-hydrogen) atoms. The molecule has 0 aliphatic heterocycles. The van der Waals surface area contributed by atoms with E-state index in [0.29, 0.717) is 17.1 Å². The van der Waals surface area contributed by atoms with Crippen LogP contribution in [0.5, 0.6) is 0 Å². The Morgan fingerprint density at radius 1 is 0.889 bits per heavy atom. The Balaban J connectivity index is 1.78. The number of rotatable bonds is 14. The van der Waals surface area contributed by atoms with Gasteiger partial charge < -0.3 is 10.2 Å². The van der Waals surface area contributed by atoms with E-state index in [1.165, 1.54) is 29.2 Å². The van der Waals surface area contributed by atoms with Gasteiger partial charge in [0.05, 0.1) is 10.6 Å². The van der Waals surface area contributed by atoms with Crippen LogP contribution < -0.4 is 9.62 Å². The molecule has 7 nitrogen and oxygen atoms in total. The SMILES string of the molecule is CCCCNC(=O)C(Cc1ccccc1)N(Cc1cccc(Cl)c1)C(=O)CN(c1ccc(F)cc1)S(=O)(=O)c1ccc(C)cc1. The minimum Gasteiger partial charge on any atom is -0.354 e. The highest BCUT2D eigenvalue weighted by molar-refractivity contribution is 7.92. The predicted molar refractivity (Wildman–Crippen MR) is 176 cm³/mol. The quantitative estimate of drug-likeness (QED) is 0.157. The molecule has 0 fully saturated rings. The summed E-state index contributed by atoms with van der Waals surface area (Å²) < 4.78 is 42.9. The Hall–Kier alpha value is -4.21. The van der Waals surface area contributed by atoms with Crippen molar-refractivity contribution in [3.8, 4) is 0 Å². The second-order valence-electron chi connectivity index (χ2n) is 10.8. The summed E-state index contributed by atoms with van der Waals surface area (Å²) in [5.74, 6) is -1.51. The van der Waals surface area contributed by atoms with E-state index in [-0.39, 0.29) is 29.5 Å². The molecule has 1 unspecified atom stereocenters. The number of halogens is 2. The highest BCUT2D eigenvalue weighted by atomic mass is 35.5. The average molecular weight is 650 g/mol. The van der Waals surface area contributed by atoms with Crippen LogP contribution in [0.1, 0.15) is 36.5 Å². The second-order valence-corrected chi connectivity index (χ2v) is 13.1. The third-order valence-corrected chi connectivity index (χ3v) is 9.37. The first-order valence-corrected chi connectivity index (χ1v) is 16.6. The fourth-order valence-corrected chi connectivity index (χ4v) is 6.49. The topological polar surface area (TPSA) is 86.8 Å². The van der Waals surface area contributed by atoms with Crippen LogP contribution in [0.25, 0.3) is 0 Å². The molecule has 1 atom stereocenters. The minimum absolute atomic E-state index is 0.0000709. The first kappa shape index (κ1) is 33.7. The Bertz CT molecular complexity index is 1680. The van der Waals surface area contributed by atoms with Crippen molar-refractivity contribution in [2.75, 3.05) is 17.4 Å². The number of nitrogens with one attached hydrogen (secondary N) is 1. The molecule has 4 rings (SSSR count). The highest BCUT2D eigenvalue weighted by Gasteiger charge is 2.34. The molecule has 236 valence electrons. The van der Waals surface area contributed by atoms with Gasteiger partial charge >= 0.3 is 0 Å². The summed E-state index contributed by atoms with van der Waals surface area (Å²) in [6.45, 7) is 3.66. The van der Waals surface area contributed by atoms with E-state index in [9.17, 15) is 22.4 Å². The van der Waals surface area contributed by atoms with Gasteiger partial charge in [-0.15, -0.1) is 0 Å². The number of sulfonamides is 1. The molecular formula is C35H37ClFN3O4S.